The molecule has 4 heavy (non-hydrogen) atoms. The van der Waals surface area contributed by atoms with Crippen LogP contribution in [-0.4, -0.2) is 27.3 Å². The van der Waals surface area contributed by atoms with E-state index in [2.05, 4.69) is 0 Å². The molecule has 0 atom stereocenters. The third-order valence-corrected chi connectivity index (χ3v) is 0. The first-order valence-electron chi connectivity index (χ1n) is 0. The molecule has 0 bridgehead atoms. The van der Waals surface area contributed by atoms with Crippen molar-refractivity contribution in [3.8, 4) is 0 Å². The number of hydrogen-bond donors (Lipinski definition) is 0. The van der Waals surface area contributed by atoms with Gasteiger partial charge in [0.05, 0.1) is 0 Å². The van der Waals surface area contributed by atoms with Crippen LogP contribution in [0.4, 0.5) is 0 Å². The summed E-state index contributed by atoms with van der Waals surface area (Å²) < 4.78 is 0. The van der Waals surface area contributed by atoms with Gasteiger partial charge in [0, 0.05) is 39.4 Å². The van der Waals surface area contributed by atoms with Crippen LogP contribution >= 0.6 is 13.5 Å². The summed E-state index contributed by atoms with van der Waals surface area (Å²) in [6.45, 7) is 0. The van der Waals surface area contributed by atoms with Crippen molar-refractivity contribution < 1.29 is 39.4 Å². The van der Waals surface area contributed by atoms with Gasteiger partial charge in [0.25, 0.3) is 0 Å². The minimum atomic E-state index is 0. The zero-order valence-electron chi connectivity index (χ0n) is 1.86. The zero-order valence-corrected chi connectivity index (χ0v) is 10.9. The standard InChI is InChI=1S/Ag.Fe.Pb.H2S.2H/h;;;1H2;;. The molecule has 33 valence electrons. The summed E-state index contributed by atoms with van der Waals surface area (Å²) in [4.78, 5) is 0. The summed E-state index contributed by atoms with van der Waals surface area (Å²) >= 11 is 0. The van der Waals surface area contributed by atoms with Gasteiger partial charge in [0.15, 0.2) is 0 Å². The van der Waals surface area contributed by atoms with E-state index in [-0.39, 0.29) is 80.2 Å². The molecule has 0 saturated heterocycles. The average molecular weight is 407 g/mol. The SMILES string of the molecule is S.[Ag].[Fe].[PbH2]. The Morgan fingerprint density at radius 2 is 1.00 bits per heavy atom. The van der Waals surface area contributed by atoms with Crippen LogP contribution in [0.2, 0.25) is 0 Å². The van der Waals surface area contributed by atoms with E-state index >= 15 is 0 Å². The second-order valence-corrected chi connectivity index (χ2v) is 0. The van der Waals surface area contributed by atoms with Gasteiger partial charge >= 0.3 is 27.3 Å². The third-order valence-electron chi connectivity index (χ3n) is 0. The molecule has 0 heterocycles. The Kier molecular flexibility index (Phi) is 138. The van der Waals surface area contributed by atoms with E-state index in [0.29, 0.717) is 0 Å². The van der Waals surface area contributed by atoms with E-state index in [4.69, 9.17) is 0 Å². The van der Waals surface area contributed by atoms with E-state index in [0.717, 1.165) is 0 Å². The van der Waals surface area contributed by atoms with Crippen LogP contribution < -0.4 is 0 Å². The Bertz CT molecular complexity index is 8.00. The molecule has 0 amide bonds. The Morgan fingerprint density at radius 1 is 1.00 bits per heavy atom. The summed E-state index contributed by atoms with van der Waals surface area (Å²) in [5, 5.41) is 0. The van der Waals surface area contributed by atoms with Crippen molar-refractivity contribution in [1.82, 2.24) is 0 Å². The van der Waals surface area contributed by atoms with Crippen molar-refractivity contribution in [1.29, 1.82) is 0 Å². The molecule has 0 N–H and O–H groups in total. The van der Waals surface area contributed by atoms with Gasteiger partial charge in [-0.1, -0.05) is 0 Å². The van der Waals surface area contributed by atoms with Gasteiger partial charge < -0.3 is 0 Å². The molecule has 0 aliphatic rings. The van der Waals surface area contributed by atoms with Crippen molar-refractivity contribution >= 4 is 40.8 Å². The minimum absolute atomic E-state index is 0. The average Bonchev–Trinajstić information content (AvgIpc) is 0. The van der Waals surface area contributed by atoms with E-state index in [9.17, 15) is 0 Å². The van der Waals surface area contributed by atoms with Crippen molar-refractivity contribution in [3.63, 3.8) is 0 Å². The summed E-state index contributed by atoms with van der Waals surface area (Å²) in [6, 6.07) is 0. The van der Waals surface area contributed by atoms with Gasteiger partial charge in [-0.15, -0.1) is 0 Å². The normalized spacial score (nSPS) is 0. The summed E-state index contributed by atoms with van der Waals surface area (Å²) in [5.41, 5.74) is 0. The fraction of sp³-hybridized carbons (Fsp3) is 0. The molecular formula is H4AgFePbS. The van der Waals surface area contributed by atoms with Crippen LogP contribution in [0.5, 0.6) is 0 Å². The Labute approximate surface area is 79.1 Å². The number of hydrogen-bond acceptors (Lipinski definition) is 0. The molecule has 4 heteroatoms. The quantitative estimate of drug-likeness (QED) is 0.462. The topological polar surface area (TPSA) is 0 Å². The Hall–Kier alpha value is 2.53. The van der Waals surface area contributed by atoms with Gasteiger partial charge in [-0.25, -0.2) is 0 Å². The molecule has 0 fully saturated rings. The van der Waals surface area contributed by atoms with E-state index in [1.54, 1.807) is 0 Å². The second-order valence-electron chi connectivity index (χ2n) is 0. The molecule has 0 aromatic heterocycles. The molecule has 0 aliphatic carbocycles. The summed E-state index contributed by atoms with van der Waals surface area (Å²) in [7, 11) is 0. The zero-order chi connectivity index (χ0) is 0. The molecule has 0 unspecified atom stereocenters. The molecule has 3 radical (unpaired) electrons. The monoisotopic (exact) mass is 407 g/mol. The molecular weight excluding hydrogens is 403 g/mol. The Balaban J connectivity index is 0. The van der Waals surface area contributed by atoms with E-state index in [1.807, 2.05) is 0 Å². The van der Waals surface area contributed by atoms with Crippen molar-refractivity contribution in [3.05, 3.63) is 0 Å². The second kappa shape index (κ2) is 17.7. The van der Waals surface area contributed by atoms with Crippen LogP contribution in [0.3, 0.4) is 0 Å². The maximum absolute atomic E-state index is 0. The molecule has 0 saturated carbocycles. The first kappa shape index (κ1) is 31.2. The van der Waals surface area contributed by atoms with E-state index in [1.165, 1.54) is 0 Å². The van der Waals surface area contributed by atoms with Gasteiger partial charge in [0.2, 0.25) is 0 Å². The van der Waals surface area contributed by atoms with Gasteiger partial charge in [-0.05, 0) is 0 Å². The Morgan fingerprint density at radius 3 is 1.00 bits per heavy atom. The fourth-order valence-corrected chi connectivity index (χ4v) is 0. The van der Waals surface area contributed by atoms with E-state index < -0.39 is 0 Å². The van der Waals surface area contributed by atoms with Gasteiger partial charge in [-0.3, -0.25) is 0 Å². The first-order chi connectivity index (χ1) is 0. The van der Waals surface area contributed by atoms with Crippen LogP contribution in [0.25, 0.3) is 0 Å². The number of rotatable bonds is 0. The first-order valence-corrected chi connectivity index (χ1v) is 0. The van der Waals surface area contributed by atoms with Crippen molar-refractivity contribution in [2.45, 2.75) is 0 Å². The van der Waals surface area contributed by atoms with Gasteiger partial charge in [0.1, 0.15) is 0 Å². The molecule has 0 rings (SSSR count). The van der Waals surface area contributed by atoms with Crippen molar-refractivity contribution in [2.75, 3.05) is 0 Å². The maximum atomic E-state index is 0. The van der Waals surface area contributed by atoms with Crippen LogP contribution in [0.15, 0.2) is 0 Å². The molecule has 0 nitrogen and oxygen atoms in total. The van der Waals surface area contributed by atoms with Crippen molar-refractivity contribution in [2.24, 2.45) is 0 Å². The molecule has 0 aromatic carbocycles. The van der Waals surface area contributed by atoms with Gasteiger partial charge in [-0.2, -0.15) is 13.5 Å². The predicted molar refractivity (Wildman–Crippen MR) is 18.9 cm³/mol. The van der Waals surface area contributed by atoms with Crippen LogP contribution in [0, 0.1) is 0 Å². The fourth-order valence-electron chi connectivity index (χ4n) is 0. The molecule has 0 aromatic rings. The summed E-state index contributed by atoms with van der Waals surface area (Å²) in [5.74, 6) is 0. The predicted octanol–water partition coefficient (Wildman–Crippen LogP) is -0.808. The third kappa shape index (κ3) is 8.82. The van der Waals surface area contributed by atoms with Crippen LogP contribution in [0.1, 0.15) is 0 Å². The summed E-state index contributed by atoms with van der Waals surface area (Å²) in [6.07, 6.45) is 0. The molecule has 0 spiro atoms. The van der Waals surface area contributed by atoms with Crippen LogP contribution in [-0.2, 0) is 39.4 Å². The molecule has 0 aliphatic heterocycles.